The van der Waals surface area contributed by atoms with Crippen molar-refractivity contribution >= 4 is 22.7 Å². The summed E-state index contributed by atoms with van der Waals surface area (Å²) in [5.74, 6) is -1.16. The van der Waals surface area contributed by atoms with Gasteiger partial charge in [0.15, 0.2) is 0 Å². The first-order valence-corrected chi connectivity index (χ1v) is 7.72. The summed E-state index contributed by atoms with van der Waals surface area (Å²) >= 11 is 1.11. The lowest BCUT2D eigenvalue weighted by Crippen LogP contribution is -2.11. The van der Waals surface area contributed by atoms with Crippen LogP contribution in [0.25, 0.3) is 10.9 Å². The molecule has 0 radical (unpaired) electrons. The van der Waals surface area contributed by atoms with E-state index in [2.05, 4.69) is 9.97 Å². The Labute approximate surface area is 140 Å². The maximum atomic E-state index is 13.0. The van der Waals surface area contributed by atoms with Gasteiger partial charge in [-0.1, -0.05) is 23.4 Å². The van der Waals surface area contributed by atoms with Gasteiger partial charge in [-0.3, -0.25) is 0 Å². The molecule has 0 fully saturated rings. The highest BCUT2D eigenvalue weighted by Gasteiger charge is 2.35. The Balaban J connectivity index is 2.13. The van der Waals surface area contributed by atoms with Crippen LogP contribution >= 0.6 is 11.8 Å². The van der Waals surface area contributed by atoms with E-state index in [0.717, 1.165) is 17.3 Å². The smallest absolute Gasteiger partial charge is 0.224 e. The van der Waals surface area contributed by atoms with Gasteiger partial charge in [0.05, 0.1) is 17.1 Å². The minimum Gasteiger partial charge on any atom is -0.224 e. The lowest BCUT2D eigenvalue weighted by molar-refractivity contribution is -0.145. The summed E-state index contributed by atoms with van der Waals surface area (Å²) < 4.78 is 39.1. The van der Waals surface area contributed by atoms with Crippen LogP contribution in [0.15, 0.2) is 52.4 Å². The Morgan fingerprint density at radius 1 is 1.04 bits per heavy atom. The number of rotatable bonds is 2. The molecule has 0 bridgehead atoms. The van der Waals surface area contributed by atoms with Crippen LogP contribution in [0.1, 0.15) is 17.0 Å². The molecule has 0 atom stereocenters. The maximum Gasteiger partial charge on any atom is 0.451 e. The van der Waals surface area contributed by atoms with E-state index < -0.39 is 12.0 Å². The van der Waals surface area contributed by atoms with Crippen LogP contribution in [0.5, 0.6) is 0 Å². The number of aryl methyl sites for hydroxylation is 1. The van der Waals surface area contributed by atoms with Crippen LogP contribution in [-0.2, 0) is 6.18 Å². The van der Waals surface area contributed by atoms with Gasteiger partial charge in [0.1, 0.15) is 5.03 Å². The summed E-state index contributed by atoms with van der Waals surface area (Å²) in [6.07, 6.45) is -4.61. The summed E-state index contributed by atoms with van der Waals surface area (Å²) in [6, 6.07) is 13.6. The predicted molar refractivity (Wildman–Crippen MR) is 84.6 cm³/mol. The van der Waals surface area contributed by atoms with E-state index in [1.807, 2.05) is 13.0 Å². The molecule has 3 aromatic rings. The van der Waals surface area contributed by atoms with Gasteiger partial charge in [-0.25, -0.2) is 9.97 Å². The Hall–Kier alpha value is -2.59. The largest absolute Gasteiger partial charge is 0.451 e. The first-order valence-electron chi connectivity index (χ1n) is 6.90. The molecule has 7 heteroatoms. The monoisotopic (exact) mass is 345 g/mol. The summed E-state index contributed by atoms with van der Waals surface area (Å²) in [5.41, 5.74) is 1.64. The van der Waals surface area contributed by atoms with Gasteiger partial charge < -0.3 is 0 Å². The zero-order chi connectivity index (χ0) is 17.3. The molecule has 3 rings (SSSR count). The molecule has 0 saturated carbocycles. The number of aromatic nitrogens is 2. The molecule has 2 aromatic carbocycles. The number of alkyl halides is 3. The third-order valence-corrected chi connectivity index (χ3v) is 4.28. The highest BCUT2D eigenvalue weighted by molar-refractivity contribution is 7.99. The number of nitrogens with zero attached hydrogens (tertiary/aromatic N) is 3. The van der Waals surface area contributed by atoms with E-state index in [1.165, 1.54) is 0 Å². The van der Waals surface area contributed by atoms with Gasteiger partial charge in [-0.05, 0) is 43.3 Å². The van der Waals surface area contributed by atoms with Crippen LogP contribution in [0.2, 0.25) is 0 Å². The molecule has 0 aliphatic rings. The van der Waals surface area contributed by atoms with E-state index in [-0.39, 0.29) is 10.5 Å². The van der Waals surface area contributed by atoms with Gasteiger partial charge in [0, 0.05) is 10.3 Å². The summed E-state index contributed by atoms with van der Waals surface area (Å²) in [4.78, 5) is 8.04. The molecule has 1 heterocycles. The van der Waals surface area contributed by atoms with Crippen LogP contribution in [0.3, 0.4) is 0 Å². The Morgan fingerprint density at radius 3 is 2.38 bits per heavy atom. The number of fused-ring (bicyclic) bond motifs is 1. The fourth-order valence-corrected chi connectivity index (χ4v) is 3.03. The Bertz CT molecular complexity index is 944. The topological polar surface area (TPSA) is 49.6 Å². The van der Waals surface area contributed by atoms with Crippen molar-refractivity contribution in [2.75, 3.05) is 0 Å². The average Bonchev–Trinajstić information content (AvgIpc) is 2.55. The second-order valence-electron chi connectivity index (χ2n) is 5.11. The van der Waals surface area contributed by atoms with E-state index in [0.29, 0.717) is 15.8 Å². The van der Waals surface area contributed by atoms with Gasteiger partial charge >= 0.3 is 6.18 Å². The van der Waals surface area contributed by atoms with Gasteiger partial charge in [-0.15, -0.1) is 0 Å². The Morgan fingerprint density at radius 2 is 1.75 bits per heavy atom. The molecule has 3 nitrogen and oxygen atoms in total. The van der Waals surface area contributed by atoms with Gasteiger partial charge in [-0.2, -0.15) is 18.4 Å². The zero-order valence-corrected chi connectivity index (χ0v) is 13.2. The summed E-state index contributed by atoms with van der Waals surface area (Å²) in [6.45, 7) is 1.85. The molecule has 120 valence electrons. The third-order valence-electron chi connectivity index (χ3n) is 3.27. The highest BCUT2D eigenvalue weighted by Crippen LogP contribution is 2.35. The quantitative estimate of drug-likeness (QED) is 0.615. The van der Waals surface area contributed by atoms with E-state index in [4.69, 9.17) is 5.26 Å². The molecular formula is C17H10F3N3S. The molecule has 0 aliphatic carbocycles. The average molecular weight is 345 g/mol. The van der Waals surface area contributed by atoms with Crippen molar-refractivity contribution in [3.8, 4) is 6.07 Å². The molecule has 0 amide bonds. The number of hydrogen-bond donors (Lipinski definition) is 0. The van der Waals surface area contributed by atoms with Crippen LogP contribution in [0, 0.1) is 18.3 Å². The van der Waals surface area contributed by atoms with Crippen molar-refractivity contribution in [3.05, 3.63) is 59.4 Å². The SMILES string of the molecule is Cc1ccc2nc(C(F)(F)F)nc(Sc3ccc(C#N)cc3)c2c1. The summed E-state index contributed by atoms with van der Waals surface area (Å²) in [5, 5.41) is 9.62. The fourth-order valence-electron chi connectivity index (χ4n) is 2.13. The number of hydrogen-bond acceptors (Lipinski definition) is 4. The molecule has 1 aromatic heterocycles. The lowest BCUT2D eigenvalue weighted by Gasteiger charge is -2.11. The number of benzene rings is 2. The fraction of sp³-hybridized carbons (Fsp3) is 0.118. The standard InChI is InChI=1S/C17H10F3N3S/c1-10-2-7-14-13(8-10)15(23-16(22-14)17(18,19)20)24-12-5-3-11(9-21)4-6-12/h2-8H,1H3. The second-order valence-corrected chi connectivity index (χ2v) is 6.17. The lowest BCUT2D eigenvalue weighted by atomic mass is 10.2. The molecule has 0 saturated heterocycles. The van der Waals surface area contributed by atoms with Crippen molar-refractivity contribution < 1.29 is 13.2 Å². The first kappa shape index (κ1) is 16.3. The van der Waals surface area contributed by atoms with Crippen molar-refractivity contribution in [1.29, 1.82) is 5.26 Å². The first-order chi connectivity index (χ1) is 11.4. The minimum atomic E-state index is -4.61. The van der Waals surface area contributed by atoms with Crippen LogP contribution in [-0.4, -0.2) is 9.97 Å². The van der Waals surface area contributed by atoms with E-state index in [9.17, 15) is 13.2 Å². The van der Waals surface area contributed by atoms with E-state index in [1.54, 1.807) is 42.5 Å². The van der Waals surface area contributed by atoms with Crippen molar-refractivity contribution in [3.63, 3.8) is 0 Å². The maximum absolute atomic E-state index is 13.0. The molecule has 24 heavy (non-hydrogen) atoms. The zero-order valence-electron chi connectivity index (χ0n) is 12.4. The van der Waals surface area contributed by atoms with Crippen LogP contribution < -0.4 is 0 Å². The predicted octanol–water partition coefficient (Wildman–Crippen LogP) is 4.98. The van der Waals surface area contributed by atoms with Gasteiger partial charge in [0.2, 0.25) is 5.82 Å². The Kier molecular flexibility index (Phi) is 4.16. The molecule has 0 aliphatic heterocycles. The second kappa shape index (κ2) is 6.13. The minimum absolute atomic E-state index is 0.237. The third kappa shape index (κ3) is 3.34. The number of halogens is 3. The van der Waals surface area contributed by atoms with Crippen LogP contribution in [0.4, 0.5) is 13.2 Å². The molecule has 0 unspecified atom stereocenters. The molecular weight excluding hydrogens is 335 g/mol. The molecule has 0 spiro atoms. The highest BCUT2D eigenvalue weighted by atomic mass is 32.2. The van der Waals surface area contributed by atoms with Crippen molar-refractivity contribution in [2.45, 2.75) is 23.0 Å². The van der Waals surface area contributed by atoms with Crippen molar-refractivity contribution in [2.24, 2.45) is 0 Å². The normalized spacial score (nSPS) is 11.5. The van der Waals surface area contributed by atoms with Gasteiger partial charge in [0.25, 0.3) is 0 Å². The molecule has 0 N–H and O–H groups in total. The number of nitriles is 1. The summed E-state index contributed by atoms with van der Waals surface area (Å²) in [7, 11) is 0. The van der Waals surface area contributed by atoms with Crippen molar-refractivity contribution in [1.82, 2.24) is 9.97 Å². The van der Waals surface area contributed by atoms with E-state index >= 15 is 0 Å².